The first-order valence-corrected chi connectivity index (χ1v) is 7.07. The number of benzene rings is 1. The van der Waals surface area contributed by atoms with E-state index in [1.54, 1.807) is 13.2 Å². The number of thiophene rings is 1. The third kappa shape index (κ3) is 3.22. The summed E-state index contributed by atoms with van der Waals surface area (Å²) in [5.41, 5.74) is 0.879. The van der Waals surface area contributed by atoms with Crippen LogP contribution in [0.1, 0.15) is 0 Å². The smallest absolute Gasteiger partial charge is 0.447 e. The summed E-state index contributed by atoms with van der Waals surface area (Å²) >= 11 is 1.12. The molecule has 0 radical (unpaired) electrons. The summed E-state index contributed by atoms with van der Waals surface area (Å²) in [5, 5.41) is 0.107. The third-order valence-corrected chi connectivity index (χ3v) is 3.63. The number of hydrogen-bond donors (Lipinski definition) is 1. The molecule has 0 aliphatic heterocycles. The van der Waals surface area contributed by atoms with Gasteiger partial charge in [-0.25, -0.2) is 0 Å². The lowest BCUT2D eigenvalue weighted by Gasteiger charge is -2.01. The molecule has 1 aromatic heterocycles. The van der Waals surface area contributed by atoms with Crippen LogP contribution in [0.25, 0.3) is 10.4 Å². The Morgan fingerprint density at radius 2 is 2.00 bits per heavy atom. The van der Waals surface area contributed by atoms with Crippen LogP contribution in [0.2, 0.25) is 0 Å². The summed E-state index contributed by atoms with van der Waals surface area (Å²) in [6.45, 7) is 0. The summed E-state index contributed by atoms with van der Waals surface area (Å²) in [6.07, 6.45) is 0. The average Bonchev–Trinajstić information content (AvgIpc) is 2.75. The molecular formula is C11H10O5S2. The van der Waals surface area contributed by atoms with E-state index in [1.807, 2.05) is 24.3 Å². The van der Waals surface area contributed by atoms with Crippen LogP contribution in [-0.4, -0.2) is 20.1 Å². The van der Waals surface area contributed by atoms with Crippen LogP contribution in [0.4, 0.5) is 0 Å². The van der Waals surface area contributed by atoms with Gasteiger partial charge >= 0.3 is 10.4 Å². The molecule has 5 nitrogen and oxygen atoms in total. The fourth-order valence-corrected chi connectivity index (χ4v) is 2.79. The molecule has 1 heterocycles. The summed E-state index contributed by atoms with van der Waals surface area (Å²) in [7, 11) is -2.90. The Bertz CT molecular complexity index is 645. The Balaban J connectivity index is 2.29. The minimum atomic E-state index is -4.47. The van der Waals surface area contributed by atoms with Crippen molar-refractivity contribution < 1.29 is 21.9 Å². The molecule has 96 valence electrons. The molecule has 18 heavy (non-hydrogen) atoms. The van der Waals surface area contributed by atoms with Gasteiger partial charge in [0.1, 0.15) is 5.75 Å². The van der Waals surface area contributed by atoms with Crippen molar-refractivity contribution in [2.75, 3.05) is 7.11 Å². The lowest BCUT2D eigenvalue weighted by Crippen LogP contribution is -2.05. The Morgan fingerprint density at radius 1 is 1.22 bits per heavy atom. The van der Waals surface area contributed by atoms with E-state index in [-0.39, 0.29) is 5.06 Å². The number of methoxy groups -OCH3 is 1. The summed E-state index contributed by atoms with van der Waals surface area (Å²) in [5.74, 6) is 0.707. The first-order valence-electron chi connectivity index (χ1n) is 4.89. The predicted octanol–water partition coefficient (Wildman–Crippen LogP) is 2.61. The fraction of sp³-hybridized carbons (Fsp3) is 0.0909. The Labute approximate surface area is 109 Å². The molecule has 0 saturated carbocycles. The van der Waals surface area contributed by atoms with Gasteiger partial charge in [-0.15, -0.1) is 0 Å². The van der Waals surface area contributed by atoms with Crippen LogP contribution < -0.4 is 8.92 Å². The molecule has 2 rings (SSSR count). The summed E-state index contributed by atoms with van der Waals surface area (Å²) in [6, 6.07) is 10.5. The normalized spacial score (nSPS) is 11.2. The number of ether oxygens (including phenoxy) is 1. The average molecular weight is 286 g/mol. The molecule has 0 bridgehead atoms. The highest BCUT2D eigenvalue weighted by atomic mass is 32.3. The van der Waals surface area contributed by atoms with Crippen molar-refractivity contribution in [3.63, 3.8) is 0 Å². The van der Waals surface area contributed by atoms with E-state index < -0.39 is 10.4 Å². The van der Waals surface area contributed by atoms with Gasteiger partial charge in [0.05, 0.1) is 7.11 Å². The second kappa shape index (κ2) is 4.97. The van der Waals surface area contributed by atoms with Gasteiger partial charge in [-0.2, -0.15) is 8.42 Å². The van der Waals surface area contributed by atoms with Gasteiger partial charge in [-0.1, -0.05) is 23.5 Å². The molecule has 2 aromatic rings. The van der Waals surface area contributed by atoms with Gasteiger partial charge in [0.15, 0.2) is 5.06 Å². The van der Waals surface area contributed by atoms with E-state index >= 15 is 0 Å². The van der Waals surface area contributed by atoms with Crippen molar-refractivity contribution in [2.24, 2.45) is 0 Å². The van der Waals surface area contributed by atoms with E-state index in [2.05, 4.69) is 4.18 Å². The lowest BCUT2D eigenvalue weighted by atomic mass is 10.2. The molecule has 0 fully saturated rings. The van der Waals surface area contributed by atoms with E-state index in [0.29, 0.717) is 5.75 Å². The van der Waals surface area contributed by atoms with Gasteiger partial charge < -0.3 is 8.92 Å². The maximum absolute atomic E-state index is 10.6. The van der Waals surface area contributed by atoms with Crippen LogP contribution in [0.5, 0.6) is 10.8 Å². The molecule has 0 amide bonds. The zero-order valence-electron chi connectivity index (χ0n) is 9.36. The largest absolute Gasteiger partial charge is 0.497 e. The Morgan fingerprint density at radius 3 is 2.67 bits per heavy atom. The molecular weight excluding hydrogens is 276 g/mol. The molecule has 1 N–H and O–H groups in total. The van der Waals surface area contributed by atoms with Crippen molar-refractivity contribution in [3.05, 3.63) is 36.4 Å². The van der Waals surface area contributed by atoms with Crippen molar-refractivity contribution in [1.82, 2.24) is 0 Å². The lowest BCUT2D eigenvalue weighted by molar-refractivity contribution is 0.391. The Hall–Kier alpha value is -1.57. The third-order valence-electron chi connectivity index (χ3n) is 2.12. The summed E-state index contributed by atoms with van der Waals surface area (Å²) < 4.78 is 39.2. The standard InChI is InChI=1S/C11H10O5S2/c1-15-9-4-2-3-8(7-9)10-5-6-11(17-10)16-18(12,13)14/h2-7H,1H3,(H,12,13,14). The molecule has 0 unspecified atom stereocenters. The van der Waals surface area contributed by atoms with Crippen molar-refractivity contribution in [2.45, 2.75) is 0 Å². The Kier molecular flexibility index (Phi) is 3.55. The first kappa shape index (κ1) is 12.9. The molecule has 0 aliphatic carbocycles. The van der Waals surface area contributed by atoms with E-state index in [9.17, 15) is 8.42 Å². The fourth-order valence-electron chi connectivity index (χ4n) is 1.40. The predicted molar refractivity (Wildman–Crippen MR) is 68.5 cm³/mol. The second-order valence-electron chi connectivity index (χ2n) is 3.36. The van der Waals surface area contributed by atoms with Gasteiger partial charge in [0.25, 0.3) is 0 Å². The van der Waals surface area contributed by atoms with E-state index in [0.717, 1.165) is 21.8 Å². The summed E-state index contributed by atoms with van der Waals surface area (Å²) in [4.78, 5) is 0.813. The zero-order chi connectivity index (χ0) is 13.2. The molecule has 7 heteroatoms. The second-order valence-corrected chi connectivity index (χ2v) is 5.43. The van der Waals surface area contributed by atoms with Gasteiger partial charge in [-0.3, -0.25) is 4.55 Å². The van der Waals surface area contributed by atoms with E-state index in [1.165, 1.54) is 6.07 Å². The topological polar surface area (TPSA) is 72.8 Å². The van der Waals surface area contributed by atoms with Crippen LogP contribution in [0.15, 0.2) is 36.4 Å². The quantitative estimate of drug-likeness (QED) is 0.875. The highest BCUT2D eigenvalue weighted by Crippen LogP contribution is 2.34. The molecule has 0 atom stereocenters. The van der Waals surface area contributed by atoms with Crippen LogP contribution in [0, 0.1) is 0 Å². The highest BCUT2D eigenvalue weighted by Gasteiger charge is 2.10. The van der Waals surface area contributed by atoms with Gasteiger partial charge in [0, 0.05) is 4.88 Å². The monoisotopic (exact) mass is 286 g/mol. The van der Waals surface area contributed by atoms with Crippen molar-refractivity contribution >= 4 is 21.7 Å². The van der Waals surface area contributed by atoms with Gasteiger partial charge in [-0.05, 0) is 29.8 Å². The van der Waals surface area contributed by atoms with Crippen LogP contribution in [-0.2, 0) is 10.4 Å². The number of rotatable bonds is 4. The first-order chi connectivity index (χ1) is 8.48. The molecule has 1 aromatic carbocycles. The molecule has 0 saturated heterocycles. The van der Waals surface area contributed by atoms with Crippen LogP contribution >= 0.6 is 11.3 Å². The zero-order valence-corrected chi connectivity index (χ0v) is 11.0. The van der Waals surface area contributed by atoms with Gasteiger partial charge in [0.2, 0.25) is 0 Å². The van der Waals surface area contributed by atoms with Crippen molar-refractivity contribution in [3.8, 4) is 21.3 Å². The van der Waals surface area contributed by atoms with Crippen LogP contribution in [0.3, 0.4) is 0 Å². The van der Waals surface area contributed by atoms with Crippen molar-refractivity contribution in [1.29, 1.82) is 0 Å². The number of hydrogen-bond acceptors (Lipinski definition) is 5. The molecule has 0 spiro atoms. The van der Waals surface area contributed by atoms with E-state index in [4.69, 9.17) is 9.29 Å². The molecule has 0 aliphatic rings. The maximum Gasteiger partial charge on any atom is 0.447 e. The maximum atomic E-state index is 10.6. The SMILES string of the molecule is COc1cccc(-c2ccc(OS(=O)(=O)O)s2)c1. The minimum Gasteiger partial charge on any atom is -0.497 e. The minimum absolute atomic E-state index is 0.107. The highest BCUT2D eigenvalue weighted by molar-refractivity contribution is 7.81.